The lowest BCUT2D eigenvalue weighted by molar-refractivity contribution is 0.0946. The van der Waals surface area contributed by atoms with Crippen molar-refractivity contribution in [2.75, 3.05) is 32.7 Å². The number of rotatable bonds is 8. The SMILES string of the molecule is COCCCNC(=O)c1ccc(NC(=S)NC(=O)c2ccccc2OC)cc1. The Kier molecular flexibility index (Phi) is 8.38. The third-order valence-electron chi connectivity index (χ3n) is 3.79. The molecule has 0 bridgehead atoms. The molecule has 0 unspecified atom stereocenters. The summed E-state index contributed by atoms with van der Waals surface area (Å²) in [6, 6.07) is 13.7. The average Bonchev–Trinajstić information content (AvgIpc) is 2.71. The highest BCUT2D eigenvalue weighted by Crippen LogP contribution is 2.17. The normalized spacial score (nSPS) is 10.1. The molecule has 2 aromatic carbocycles. The van der Waals surface area contributed by atoms with Crippen molar-refractivity contribution in [3.63, 3.8) is 0 Å². The molecule has 7 nitrogen and oxygen atoms in total. The van der Waals surface area contributed by atoms with E-state index in [2.05, 4.69) is 16.0 Å². The number of ether oxygens (including phenoxy) is 2. The highest BCUT2D eigenvalue weighted by Gasteiger charge is 2.13. The van der Waals surface area contributed by atoms with Gasteiger partial charge in [-0.05, 0) is 55.0 Å². The summed E-state index contributed by atoms with van der Waals surface area (Å²) in [5.41, 5.74) is 1.57. The van der Waals surface area contributed by atoms with E-state index in [1.807, 2.05) is 0 Å². The minimum Gasteiger partial charge on any atom is -0.496 e. The number of thiocarbonyl (C=S) groups is 1. The molecule has 0 spiro atoms. The van der Waals surface area contributed by atoms with E-state index in [4.69, 9.17) is 21.7 Å². The van der Waals surface area contributed by atoms with Gasteiger partial charge in [0.05, 0.1) is 12.7 Å². The third-order valence-corrected chi connectivity index (χ3v) is 4.00. The molecule has 2 amide bonds. The average molecular weight is 401 g/mol. The largest absolute Gasteiger partial charge is 0.496 e. The fourth-order valence-corrected chi connectivity index (χ4v) is 2.60. The van der Waals surface area contributed by atoms with E-state index in [-0.39, 0.29) is 16.9 Å². The second kappa shape index (κ2) is 11.0. The molecule has 0 aliphatic heterocycles. The Morgan fingerprint density at radius 2 is 1.71 bits per heavy atom. The fraction of sp³-hybridized carbons (Fsp3) is 0.250. The molecular weight excluding hydrogens is 378 g/mol. The van der Waals surface area contributed by atoms with Crippen molar-refractivity contribution in [3.8, 4) is 5.75 Å². The van der Waals surface area contributed by atoms with Crippen LogP contribution < -0.4 is 20.7 Å². The molecular formula is C20H23N3O4S. The molecule has 2 aromatic rings. The van der Waals surface area contributed by atoms with Crippen LogP contribution in [0.25, 0.3) is 0 Å². The van der Waals surface area contributed by atoms with Crippen molar-refractivity contribution < 1.29 is 19.1 Å². The second-order valence-corrected chi connectivity index (χ2v) is 6.20. The molecule has 0 atom stereocenters. The number of carbonyl (C=O) groups excluding carboxylic acids is 2. The first-order chi connectivity index (χ1) is 13.5. The fourth-order valence-electron chi connectivity index (χ4n) is 2.39. The summed E-state index contributed by atoms with van der Waals surface area (Å²) in [5.74, 6) is -0.0691. The topological polar surface area (TPSA) is 88.7 Å². The van der Waals surface area contributed by atoms with Crippen molar-refractivity contribution in [2.24, 2.45) is 0 Å². The maximum Gasteiger partial charge on any atom is 0.261 e. The predicted octanol–water partition coefficient (Wildman–Crippen LogP) is 2.59. The zero-order valence-electron chi connectivity index (χ0n) is 15.8. The predicted molar refractivity (Wildman–Crippen MR) is 112 cm³/mol. The van der Waals surface area contributed by atoms with Gasteiger partial charge in [-0.2, -0.15) is 0 Å². The monoisotopic (exact) mass is 401 g/mol. The van der Waals surface area contributed by atoms with E-state index >= 15 is 0 Å². The van der Waals surface area contributed by atoms with E-state index in [1.165, 1.54) is 7.11 Å². The first kappa shape index (κ1) is 21.3. The van der Waals surface area contributed by atoms with Crippen LogP contribution in [-0.4, -0.2) is 44.3 Å². The van der Waals surface area contributed by atoms with Crippen LogP contribution in [0.1, 0.15) is 27.1 Å². The highest BCUT2D eigenvalue weighted by atomic mass is 32.1. The van der Waals surface area contributed by atoms with Crippen LogP contribution in [0.5, 0.6) is 5.75 Å². The maximum absolute atomic E-state index is 12.3. The van der Waals surface area contributed by atoms with Gasteiger partial charge >= 0.3 is 0 Å². The Morgan fingerprint density at radius 3 is 2.39 bits per heavy atom. The van der Waals surface area contributed by atoms with Crippen LogP contribution in [0.15, 0.2) is 48.5 Å². The van der Waals surface area contributed by atoms with Crippen LogP contribution in [0.4, 0.5) is 5.69 Å². The summed E-state index contributed by atoms with van der Waals surface area (Å²) in [6.45, 7) is 1.15. The highest BCUT2D eigenvalue weighted by molar-refractivity contribution is 7.80. The first-order valence-electron chi connectivity index (χ1n) is 8.67. The van der Waals surface area contributed by atoms with Gasteiger partial charge in [0, 0.05) is 31.5 Å². The van der Waals surface area contributed by atoms with Gasteiger partial charge in [-0.15, -0.1) is 0 Å². The standard InChI is InChI=1S/C20H23N3O4S/c1-26-13-5-12-21-18(24)14-8-10-15(11-9-14)22-20(28)23-19(25)16-6-3-4-7-17(16)27-2/h3-4,6-11H,5,12-13H2,1-2H3,(H,21,24)(H2,22,23,25,28). The smallest absolute Gasteiger partial charge is 0.261 e. The Labute approximate surface area is 169 Å². The Morgan fingerprint density at radius 1 is 1.00 bits per heavy atom. The van der Waals surface area contributed by atoms with Crippen molar-refractivity contribution in [1.82, 2.24) is 10.6 Å². The second-order valence-electron chi connectivity index (χ2n) is 5.79. The molecule has 0 aliphatic carbocycles. The van der Waals surface area contributed by atoms with Crippen LogP contribution in [0.2, 0.25) is 0 Å². The number of anilines is 1. The van der Waals surface area contributed by atoms with Gasteiger partial charge in [0.2, 0.25) is 0 Å². The lowest BCUT2D eigenvalue weighted by Gasteiger charge is -2.12. The van der Waals surface area contributed by atoms with E-state index in [1.54, 1.807) is 55.6 Å². The van der Waals surface area contributed by atoms with Crippen molar-refractivity contribution in [2.45, 2.75) is 6.42 Å². The number of nitrogens with one attached hydrogen (secondary N) is 3. The van der Waals surface area contributed by atoms with E-state index in [9.17, 15) is 9.59 Å². The van der Waals surface area contributed by atoms with Gasteiger partial charge in [0.1, 0.15) is 5.75 Å². The van der Waals surface area contributed by atoms with Gasteiger partial charge < -0.3 is 20.1 Å². The Balaban J connectivity index is 1.88. The summed E-state index contributed by atoms with van der Waals surface area (Å²) in [4.78, 5) is 24.4. The number of methoxy groups -OCH3 is 2. The minimum absolute atomic E-state index is 0.146. The molecule has 0 saturated heterocycles. The molecule has 0 heterocycles. The summed E-state index contributed by atoms with van der Waals surface area (Å²) < 4.78 is 10.1. The minimum atomic E-state index is -0.373. The van der Waals surface area contributed by atoms with E-state index in [0.717, 1.165) is 6.42 Å². The van der Waals surface area contributed by atoms with Gasteiger partial charge in [0.25, 0.3) is 11.8 Å². The van der Waals surface area contributed by atoms with E-state index in [0.29, 0.717) is 35.7 Å². The number of benzene rings is 2. The first-order valence-corrected chi connectivity index (χ1v) is 9.08. The van der Waals surface area contributed by atoms with Crippen molar-refractivity contribution in [3.05, 3.63) is 59.7 Å². The number of amides is 2. The van der Waals surface area contributed by atoms with E-state index < -0.39 is 0 Å². The van der Waals surface area contributed by atoms with Gasteiger partial charge in [-0.1, -0.05) is 12.1 Å². The van der Waals surface area contributed by atoms with Gasteiger partial charge in [-0.25, -0.2) is 0 Å². The molecule has 0 radical (unpaired) electrons. The zero-order chi connectivity index (χ0) is 20.4. The number of carbonyl (C=O) groups is 2. The maximum atomic E-state index is 12.3. The molecule has 3 N–H and O–H groups in total. The van der Waals surface area contributed by atoms with Crippen molar-refractivity contribution >= 4 is 34.8 Å². The molecule has 28 heavy (non-hydrogen) atoms. The summed E-state index contributed by atoms with van der Waals surface area (Å²) in [5, 5.41) is 8.48. The number of hydrogen-bond donors (Lipinski definition) is 3. The van der Waals surface area contributed by atoms with Gasteiger partial charge in [0.15, 0.2) is 5.11 Å². The number of para-hydroxylation sites is 1. The molecule has 0 fully saturated rings. The van der Waals surface area contributed by atoms with Gasteiger partial charge in [-0.3, -0.25) is 14.9 Å². The summed E-state index contributed by atoms with van der Waals surface area (Å²) in [6.07, 6.45) is 0.752. The molecule has 0 aromatic heterocycles. The Bertz CT molecular complexity index is 824. The number of hydrogen-bond acceptors (Lipinski definition) is 5. The van der Waals surface area contributed by atoms with Crippen LogP contribution in [0, 0.1) is 0 Å². The quantitative estimate of drug-likeness (QED) is 0.465. The summed E-state index contributed by atoms with van der Waals surface area (Å²) >= 11 is 5.18. The van der Waals surface area contributed by atoms with Crippen LogP contribution in [0.3, 0.4) is 0 Å². The molecule has 8 heteroatoms. The van der Waals surface area contributed by atoms with Crippen LogP contribution in [-0.2, 0) is 4.74 Å². The third kappa shape index (κ3) is 6.33. The van der Waals surface area contributed by atoms with Crippen LogP contribution >= 0.6 is 12.2 Å². The lowest BCUT2D eigenvalue weighted by atomic mass is 10.2. The zero-order valence-corrected chi connectivity index (χ0v) is 16.6. The Hall–Kier alpha value is -2.97. The summed E-state index contributed by atoms with van der Waals surface area (Å²) in [7, 11) is 3.12. The van der Waals surface area contributed by atoms with Crippen molar-refractivity contribution in [1.29, 1.82) is 0 Å². The lowest BCUT2D eigenvalue weighted by Crippen LogP contribution is -2.34. The molecule has 148 valence electrons. The molecule has 2 rings (SSSR count). The molecule has 0 aliphatic rings. The molecule has 0 saturated carbocycles.